The molecule has 1 amide bonds. The standard InChI is InChI=1S/C13H17N3O2/c1-8(2)16-5-12(14-7-16)13(18)15-3-9-10(4-15)11(9)6-17/h5-11H,3-4H2,1-2H3/t9-,10+,11?. The number of aromatic nitrogens is 2. The summed E-state index contributed by atoms with van der Waals surface area (Å²) in [5.74, 6) is 0.991. The van der Waals surface area contributed by atoms with Crippen molar-refractivity contribution in [1.29, 1.82) is 0 Å². The van der Waals surface area contributed by atoms with Gasteiger partial charge >= 0.3 is 0 Å². The molecule has 0 bridgehead atoms. The molecule has 0 radical (unpaired) electrons. The van der Waals surface area contributed by atoms with E-state index in [0.29, 0.717) is 36.7 Å². The van der Waals surface area contributed by atoms with Gasteiger partial charge in [0.1, 0.15) is 12.0 Å². The lowest BCUT2D eigenvalue weighted by molar-refractivity contribution is -0.109. The summed E-state index contributed by atoms with van der Waals surface area (Å²) in [5.41, 5.74) is 0.507. The van der Waals surface area contributed by atoms with Gasteiger partial charge in [-0.2, -0.15) is 0 Å². The van der Waals surface area contributed by atoms with Gasteiger partial charge in [0.05, 0.1) is 6.33 Å². The van der Waals surface area contributed by atoms with Gasteiger partial charge in [0.25, 0.3) is 5.91 Å². The second kappa shape index (κ2) is 3.93. The molecule has 1 saturated heterocycles. The number of rotatable bonds is 3. The number of carbonyl (C=O) groups is 2. The molecule has 3 rings (SSSR count). The van der Waals surface area contributed by atoms with Crippen LogP contribution in [-0.2, 0) is 4.79 Å². The summed E-state index contributed by atoms with van der Waals surface area (Å²) in [7, 11) is 0. The minimum Gasteiger partial charge on any atom is -0.337 e. The highest BCUT2D eigenvalue weighted by molar-refractivity contribution is 5.92. The molecule has 96 valence electrons. The van der Waals surface area contributed by atoms with Crippen LogP contribution in [0.2, 0.25) is 0 Å². The average molecular weight is 247 g/mol. The Balaban J connectivity index is 1.67. The highest BCUT2D eigenvalue weighted by atomic mass is 16.2. The number of nitrogens with zero attached hydrogens (tertiary/aromatic N) is 3. The fourth-order valence-corrected chi connectivity index (χ4v) is 2.83. The number of likely N-dealkylation sites (tertiary alicyclic amines) is 1. The Bertz CT molecular complexity index is 482. The lowest BCUT2D eigenvalue weighted by Crippen LogP contribution is -2.32. The second-order valence-electron chi connectivity index (χ2n) is 5.55. The largest absolute Gasteiger partial charge is 0.337 e. The zero-order valence-electron chi connectivity index (χ0n) is 10.6. The normalized spacial score (nSPS) is 29.5. The van der Waals surface area contributed by atoms with E-state index >= 15 is 0 Å². The molecule has 0 N–H and O–H groups in total. The van der Waals surface area contributed by atoms with Gasteiger partial charge in [-0.15, -0.1) is 0 Å². The molecule has 2 heterocycles. The first-order chi connectivity index (χ1) is 8.61. The van der Waals surface area contributed by atoms with E-state index < -0.39 is 0 Å². The zero-order chi connectivity index (χ0) is 12.9. The molecule has 1 saturated carbocycles. The SMILES string of the molecule is CC(C)n1cnc(C(=O)N2C[C@@H]3C(C=O)[C@@H]3C2)c1. The molecular formula is C13H17N3O2. The zero-order valence-corrected chi connectivity index (χ0v) is 10.6. The summed E-state index contributed by atoms with van der Waals surface area (Å²) in [6, 6.07) is 0.311. The third kappa shape index (κ3) is 1.65. The first-order valence-corrected chi connectivity index (χ1v) is 6.40. The van der Waals surface area contributed by atoms with E-state index in [1.54, 1.807) is 12.5 Å². The van der Waals surface area contributed by atoms with Crippen molar-refractivity contribution in [2.24, 2.45) is 17.8 Å². The number of carbonyl (C=O) groups excluding carboxylic acids is 2. The third-order valence-electron chi connectivity index (χ3n) is 4.12. The van der Waals surface area contributed by atoms with Crippen LogP contribution in [0.5, 0.6) is 0 Å². The summed E-state index contributed by atoms with van der Waals surface area (Å²) in [5, 5.41) is 0. The van der Waals surface area contributed by atoms with Gasteiger partial charge in [0.15, 0.2) is 0 Å². The van der Waals surface area contributed by atoms with Crippen LogP contribution in [0, 0.1) is 17.8 Å². The molecule has 3 atom stereocenters. The van der Waals surface area contributed by atoms with Gasteiger partial charge in [-0.3, -0.25) is 4.79 Å². The first-order valence-electron chi connectivity index (χ1n) is 6.40. The molecule has 1 unspecified atom stereocenters. The van der Waals surface area contributed by atoms with Crippen LogP contribution in [0.1, 0.15) is 30.4 Å². The summed E-state index contributed by atoms with van der Waals surface area (Å²) in [4.78, 5) is 28.9. The molecule has 1 aliphatic heterocycles. The van der Waals surface area contributed by atoms with Gasteiger partial charge < -0.3 is 14.3 Å². The maximum absolute atomic E-state index is 12.2. The number of fused-ring (bicyclic) bond motifs is 1. The first kappa shape index (κ1) is 11.4. The molecule has 2 aliphatic rings. The van der Waals surface area contributed by atoms with Crippen molar-refractivity contribution in [2.75, 3.05) is 13.1 Å². The highest BCUT2D eigenvalue weighted by Crippen LogP contribution is 2.50. The lowest BCUT2D eigenvalue weighted by Gasteiger charge is -2.17. The molecule has 5 nitrogen and oxygen atoms in total. The number of hydrogen-bond acceptors (Lipinski definition) is 3. The maximum Gasteiger partial charge on any atom is 0.274 e. The van der Waals surface area contributed by atoms with E-state index in [9.17, 15) is 9.59 Å². The fraction of sp³-hybridized carbons (Fsp3) is 0.615. The second-order valence-corrected chi connectivity index (χ2v) is 5.55. The van der Waals surface area contributed by atoms with Crippen LogP contribution < -0.4 is 0 Å². The Morgan fingerprint density at radius 2 is 2.11 bits per heavy atom. The number of piperidine rings is 1. The number of hydrogen-bond donors (Lipinski definition) is 0. The molecule has 2 fully saturated rings. The van der Waals surface area contributed by atoms with E-state index in [2.05, 4.69) is 18.8 Å². The van der Waals surface area contributed by atoms with Crippen molar-refractivity contribution >= 4 is 12.2 Å². The van der Waals surface area contributed by atoms with Crippen molar-refractivity contribution in [2.45, 2.75) is 19.9 Å². The van der Waals surface area contributed by atoms with Crippen LogP contribution in [0.3, 0.4) is 0 Å². The Morgan fingerprint density at radius 3 is 2.61 bits per heavy atom. The van der Waals surface area contributed by atoms with Crippen molar-refractivity contribution < 1.29 is 9.59 Å². The fourth-order valence-electron chi connectivity index (χ4n) is 2.83. The van der Waals surface area contributed by atoms with E-state index in [4.69, 9.17) is 0 Å². The van der Waals surface area contributed by atoms with Crippen molar-refractivity contribution in [3.63, 3.8) is 0 Å². The lowest BCUT2D eigenvalue weighted by atomic mass is 10.3. The van der Waals surface area contributed by atoms with Crippen molar-refractivity contribution in [1.82, 2.24) is 14.5 Å². The minimum absolute atomic E-state index is 0.00810. The minimum atomic E-state index is -0.00810. The van der Waals surface area contributed by atoms with Crippen LogP contribution >= 0.6 is 0 Å². The van der Waals surface area contributed by atoms with E-state index in [1.165, 1.54) is 0 Å². The van der Waals surface area contributed by atoms with Gasteiger partial charge in [-0.1, -0.05) is 0 Å². The topological polar surface area (TPSA) is 55.2 Å². The predicted molar refractivity (Wildman–Crippen MR) is 65.0 cm³/mol. The number of aldehydes is 1. The Kier molecular flexibility index (Phi) is 2.50. The van der Waals surface area contributed by atoms with E-state index in [0.717, 1.165) is 6.29 Å². The molecule has 1 aromatic rings. The Labute approximate surface area is 106 Å². The Hall–Kier alpha value is -1.65. The number of imidazole rings is 1. The van der Waals surface area contributed by atoms with Crippen molar-refractivity contribution in [3.05, 3.63) is 18.2 Å². The average Bonchev–Trinajstić information content (AvgIpc) is 2.79. The summed E-state index contributed by atoms with van der Waals surface area (Å²) in [6.07, 6.45) is 4.53. The van der Waals surface area contributed by atoms with E-state index in [-0.39, 0.29) is 11.8 Å². The molecular weight excluding hydrogens is 230 g/mol. The molecule has 18 heavy (non-hydrogen) atoms. The van der Waals surface area contributed by atoms with Gasteiger partial charge in [-0.25, -0.2) is 4.98 Å². The van der Waals surface area contributed by atoms with E-state index in [1.807, 2.05) is 9.47 Å². The predicted octanol–water partition coefficient (Wildman–Crippen LogP) is 0.981. The summed E-state index contributed by atoms with van der Waals surface area (Å²) in [6.45, 7) is 5.52. The quantitative estimate of drug-likeness (QED) is 0.748. The monoisotopic (exact) mass is 247 g/mol. The van der Waals surface area contributed by atoms with Crippen LogP contribution in [0.4, 0.5) is 0 Å². The third-order valence-corrected chi connectivity index (χ3v) is 4.12. The van der Waals surface area contributed by atoms with Gasteiger partial charge in [-0.05, 0) is 25.7 Å². The van der Waals surface area contributed by atoms with Gasteiger partial charge in [0, 0.05) is 31.2 Å². The van der Waals surface area contributed by atoms with Crippen LogP contribution in [-0.4, -0.2) is 39.7 Å². The molecule has 1 aliphatic carbocycles. The highest BCUT2D eigenvalue weighted by Gasteiger charge is 2.56. The Morgan fingerprint density at radius 1 is 1.44 bits per heavy atom. The summed E-state index contributed by atoms with van der Waals surface area (Å²) >= 11 is 0. The van der Waals surface area contributed by atoms with Crippen molar-refractivity contribution in [3.8, 4) is 0 Å². The summed E-state index contributed by atoms with van der Waals surface area (Å²) < 4.78 is 1.93. The maximum atomic E-state index is 12.2. The van der Waals surface area contributed by atoms with Crippen LogP contribution in [0.15, 0.2) is 12.5 Å². The van der Waals surface area contributed by atoms with Crippen LogP contribution in [0.25, 0.3) is 0 Å². The van der Waals surface area contributed by atoms with Gasteiger partial charge in [0.2, 0.25) is 0 Å². The number of amides is 1. The molecule has 5 heteroatoms. The smallest absolute Gasteiger partial charge is 0.274 e. The molecule has 0 aromatic carbocycles. The molecule has 1 aromatic heterocycles. The molecule has 0 spiro atoms.